The van der Waals surface area contributed by atoms with Gasteiger partial charge in [0.15, 0.2) is 0 Å². The lowest BCUT2D eigenvalue weighted by Gasteiger charge is -2.25. The van der Waals surface area contributed by atoms with Gasteiger partial charge in [-0.25, -0.2) is 9.18 Å². The number of hydrogen-bond acceptors (Lipinski definition) is 3. The van der Waals surface area contributed by atoms with Gasteiger partial charge in [-0.3, -0.25) is 4.79 Å². The van der Waals surface area contributed by atoms with Crippen molar-refractivity contribution >= 4 is 11.8 Å². The highest BCUT2D eigenvalue weighted by Crippen LogP contribution is 2.38. The van der Waals surface area contributed by atoms with E-state index < -0.39 is 46.7 Å². The van der Waals surface area contributed by atoms with Gasteiger partial charge in [-0.1, -0.05) is 32.9 Å². The van der Waals surface area contributed by atoms with Crippen molar-refractivity contribution in [2.24, 2.45) is 11.1 Å². The number of ketones is 1. The molecule has 1 aromatic carbocycles. The Bertz CT molecular complexity index is 663. The second-order valence-corrected chi connectivity index (χ2v) is 6.45. The second-order valence-electron chi connectivity index (χ2n) is 6.45. The van der Waals surface area contributed by atoms with E-state index in [1.165, 1.54) is 39.8 Å². The average Bonchev–Trinajstić information content (AvgIpc) is 2.44. The van der Waals surface area contributed by atoms with Crippen LogP contribution in [0.5, 0.6) is 0 Å². The molecule has 1 rings (SSSR count). The molecule has 0 fully saturated rings. The Hall–Kier alpha value is -2.10. The normalized spacial score (nSPS) is 13.5. The van der Waals surface area contributed by atoms with Crippen LogP contribution in [-0.4, -0.2) is 23.0 Å². The molecule has 1 aromatic rings. The predicted molar refractivity (Wildman–Crippen MR) is 81.0 cm³/mol. The Morgan fingerprint density at radius 3 is 1.81 bits per heavy atom. The van der Waals surface area contributed by atoms with Gasteiger partial charge >= 0.3 is 18.1 Å². The molecule has 0 bridgehead atoms. The van der Waals surface area contributed by atoms with Gasteiger partial charge < -0.3 is 10.8 Å². The Morgan fingerprint density at radius 1 is 1.08 bits per heavy atom. The largest absolute Gasteiger partial charge is 0.490 e. The Morgan fingerprint density at radius 2 is 1.50 bits per heavy atom. The number of nitrogens with two attached hydrogens (primary N) is 1. The highest BCUT2D eigenvalue weighted by atomic mass is 19.4. The van der Waals surface area contributed by atoms with Gasteiger partial charge in [-0.05, 0) is 13.0 Å². The number of Topliss-reactive ketones (excluding diaryl/α,β-unsaturated/α-hetero) is 1. The van der Waals surface area contributed by atoms with Gasteiger partial charge in [0.25, 0.3) is 0 Å². The third-order valence-corrected chi connectivity index (χ3v) is 3.07. The van der Waals surface area contributed by atoms with E-state index in [4.69, 9.17) is 15.6 Å². The smallest absolute Gasteiger partial charge is 0.475 e. The molecule has 0 spiro atoms. The van der Waals surface area contributed by atoms with Crippen molar-refractivity contribution in [2.75, 3.05) is 0 Å². The van der Waals surface area contributed by atoms with E-state index in [1.54, 1.807) is 0 Å². The molecule has 0 saturated carbocycles. The van der Waals surface area contributed by atoms with E-state index in [0.29, 0.717) is 0 Å². The first-order chi connectivity index (χ1) is 11.4. The van der Waals surface area contributed by atoms with Crippen molar-refractivity contribution in [3.8, 4) is 0 Å². The van der Waals surface area contributed by atoms with Crippen molar-refractivity contribution in [1.82, 2.24) is 0 Å². The molecule has 10 heteroatoms. The molecule has 0 saturated heterocycles. The Labute approximate surface area is 146 Å². The summed E-state index contributed by atoms with van der Waals surface area (Å²) in [6, 6.07) is 2.81. The summed E-state index contributed by atoms with van der Waals surface area (Å²) in [6.07, 6.45) is -5.08. The molecule has 0 aromatic heterocycles. The second kappa shape index (κ2) is 8.07. The Balaban J connectivity index is 0.000000758. The summed E-state index contributed by atoms with van der Waals surface area (Å²) in [7, 11) is 0. The summed E-state index contributed by atoms with van der Waals surface area (Å²) in [6.45, 7) is 5.61. The summed E-state index contributed by atoms with van der Waals surface area (Å²) >= 11 is 0. The predicted octanol–water partition coefficient (Wildman–Crippen LogP) is 4.19. The molecular formula is C16H19F6NO3. The van der Waals surface area contributed by atoms with Gasteiger partial charge in [-0.2, -0.15) is 22.0 Å². The van der Waals surface area contributed by atoms with Gasteiger partial charge in [0, 0.05) is 17.0 Å². The minimum Gasteiger partial charge on any atom is -0.475 e. The zero-order chi connectivity index (χ0) is 21.1. The van der Waals surface area contributed by atoms with E-state index in [9.17, 15) is 31.1 Å². The van der Waals surface area contributed by atoms with Crippen LogP contribution in [0, 0.1) is 11.2 Å². The molecule has 1 atom stereocenters. The molecule has 0 aliphatic rings. The minimum absolute atomic E-state index is 0.0288. The van der Waals surface area contributed by atoms with Crippen LogP contribution in [0.1, 0.15) is 44.9 Å². The van der Waals surface area contributed by atoms with Crippen LogP contribution in [0.25, 0.3) is 0 Å². The van der Waals surface area contributed by atoms with Crippen molar-refractivity contribution in [1.29, 1.82) is 0 Å². The van der Waals surface area contributed by atoms with E-state index in [0.717, 1.165) is 6.07 Å². The number of benzene rings is 1. The van der Waals surface area contributed by atoms with E-state index in [1.807, 2.05) is 0 Å². The lowest BCUT2D eigenvalue weighted by Crippen LogP contribution is -2.37. The lowest BCUT2D eigenvalue weighted by atomic mass is 9.84. The number of alkyl halides is 5. The van der Waals surface area contributed by atoms with Crippen LogP contribution < -0.4 is 5.73 Å². The SMILES string of the molecule is CC(N)c1cccc(C(F)(F)C(=O)C(C)(C)C)c1F.O=C(O)C(F)(F)F. The molecule has 0 aliphatic heterocycles. The van der Waals surface area contributed by atoms with Gasteiger partial charge in [0.2, 0.25) is 5.78 Å². The highest BCUT2D eigenvalue weighted by molar-refractivity contribution is 5.91. The maximum Gasteiger partial charge on any atom is 0.490 e. The van der Waals surface area contributed by atoms with Gasteiger partial charge in [-0.15, -0.1) is 0 Å². The number of hydrogen-bond donors (Lipinski definition) is 2. The number of rotatable bonds is 3. The van der Waals surface area contributed by atoms with E-state index >= 15 is 0 Å². The molecule has 0 radical (unpaired) electrons. The zero-order valence-electron chi connectivity index (χ0n) is 14.4. The first kappa shape index (κ1) is 23.9. The Kier molecular flexibility index (Phi) is 7.41. The van der Waals surface area contributed by atoms with E-state index in [2.05, 4.69) is 0 Å². The summed E-state index contributed by atoms with van der Waals surface area (Å²) < 4.78 is 74.0. The molecule has 4 nitrogen and oxygen atoms in total. The van der Waals surface area contributed by atoms with Crippen LogP contribution in [-0.2, 0) is 15.5 Å². The minimum atomic E-state index is -5.08. The number of carboxylic acids is 1. The number of carboxylic acid groups (broad SMARTS) is 1. The van der Waals surface area contributed by atoms with Crippen LogP contribution >= 0.6 is 0 Å². The molecule has 0 heterocycles. The first-order valence-corrected chi connectivity index (χ1v) is 7.21. The maximum atomic E-state index is 14.1. The van der Waals surface area contributed by atoms with Crippen molar-refractivity contribution < 1.29 is 41.0 Å². The quantitative estimate of drug-likeness (QED) is 0.763. The number of carbonyl (C=O) groups excluding carboxylic acids is 1. The highest BCUT2D eigenvalue weighted by Gasteiger charge is 2.48. The van der Waals surface area contributed by atoms with Crippen molar-refractivity contribution in [3.05, 3.63) is 35.1 Å². The molecule has 3 N–H and O–H groups in total. The van der Waals surface area contributed by atoms with Crippen LogP contribution in [0.2, 0.25) is 0 Å². The fraction of sp³-hybridized carbons (Fsp3) is 0.500. The monoisotopic (exact) mass is 387 g/mol. The molecule has 0 amide bonds. The van der Waals surface area contributed by atoms with Crippen LogP contribution in [0.3, 0.4) is 0 Å². The first-order valence-electron chi connectivity index (χ1n) is 7.21. The summed E-state index contributed by atoms with van der Waals surface area (Å²) in [5, 5.41) is 7.12. The molecule has 1 unspecified atom stereocenters. The maximum absolute atomic E-state index is 14.1. The summed E-state index contributed by atoms with van der Waals surface area (Å²) in [5.74, 6) is -9.05. The third kappa shape index (κ3) is 6.01. The molecular weight excluding hydrogens is 368 g/mol. The van der Waals surface area contributed by atoms with Crippen LogP contribution in [0.15, 0.2) is 18.2 Å². The standard InChI is InChI=1S/C14H18F3NO.C2HF3O2/c1-8(18)9-6-5-7-10(11(9)15)14(16,17)12(19)13(2,3)4;3-2(4,5)1(6)7/h5-8H,18H2,1-4H3;(H,6,7). The van der Waals surface area contributed by atoms with Crippen molar-refractivity contribution in [3.63, 3.8) is 0 Å². The fourth-order valence-corrected chi connectivity index (χ4v) is 1.74. The van der Waals surface area contributed by atoms with E-state index in [-0.39, 0.29) is 5.56 Å². The topological polar surface area (TPSA) is 80.4 Å². The number of aliphatic carboxylic acids is 1. The average molecular weight is 387 g/mol. The number of halogens is 6. The number of carbonyl (C=O) groups is 2. The molecule has 148 valence electrons. The van der Waals surface area contributed by atoms with Crippen molar-refractivity contribution in [2.45, 2.75) is 45.8 Å². The van der Waals surface area contributed by atoms with Gasteiger partial charge in [0.05, 0.1) is 5.56 Å². The zero-order valence-corrected chi connectivity index (χ0v) is 14.4. The molecule has 26 heavy (non-hydrogen) atoms. The fourth-order valence-electron chi connectivity index (χ4n) is 1.74. The third-order valence-electron chi connectivity index (χ3n) is 3.07. The summed E-state index contributed by atoms with van der Waals surface area (Å²) in [5.41, 5.74) is 3.31. The van der Waals surface area contributed by atoms with Gasteiger partial charge in [0.1, 0.15) is 5.82 Å². The summed E-state index contributed by atoms with van der Waals surface area (Å²) in [4.78, 5) is 20.7. The molecule has 0 aliphatic carbocycles. The lowest BCUT2D eigenvalue weighted by molar-refractivity contribution is -0.192. The van der Waals surface area contributed by atoms with Crippen LogP contribution in [0.4, 0.5) is 26.3 Å².